The first-order chi connectivity index (χ1) is 14.2. The summed E-state index contributed by atoms with van der Waals surface area (Å²) in [4.78, 5) is 12.4. The van der Waals surface area contributed by atoms with E-state index in [2.05, 4.69) is 52.1 Å². The van der Waals surface area contributed by atoms with E-state index in [1.165, 1.54) is 49.6 Å². The lowest BCUT2D eigenvalue weighted by atomic mass is 10.2. The SMILES string of the molecule is COc1ccc(NS(=O)(=O)c2ccc(NC(=O)c3cc(Br)cc(Br)c3O)cc2)nn1. The van der Waals surface area contributed by atoms with E-state index in [9.17, 15) is 18.3 Å². The molecule has 0 fully saturated rings. The van der Waals surface area contributed by atoms with Gasteiger partial charge in [0.2, 0.25) is 5.88 Å². The van der Waals surface area contributed by atoms with E-state index in [4.69, 9.17) is 4.74 Å². The predicted molar refractivity (Wildman–Crippen MR) is 117 cm³/mol. The Kier molecular flexibility index (Phi) is 6.58. The van der Waals surface area contributed by atoms with E-state index in [1.807, 2.05) is 0 Å². The molecule has 0 aliphatic heterocycles. The van der Waals surface area contributed by atoms with Gasteiger partial charge in [0.25, 0.3) is 15.9 Å². The van der Waals surface area contributed by atoms with Gasteiger partial charge in [-0.3, -0.25) is 9.52 Å². The van der Waals surface area contributed by atoms with Crippen LogP contribution in [0.4, 0.5) is 11.5 Å². The van der Waals surface area contributed by atoms with Gasteiger partial charge >= 0.3 is 0 Å². The van der Waals surface area contributed by atoms with E-state index in [1.54, 1.807) is 6.07 Å². The van der Waals surface area contributed by atoms with Crippen molar-refractivity contribution in [1.29, 1.82) is 0 Å². The maximum atomic E-state index is 12.5. The summed E-state index contributed by atoms with van der Waals surface area (Å²) in [6.07, 6.45) is 0. The number of carbonyl (C=O) groups is 1. The van der Waals surface area contributed by atoms with Gasteiger partial charge in [0.1, 0.15) is 5.75 Å². The van der Waals surface area contributed by atoms with Gasteiger partial charge < -0.3 is 15.2 Å². The number of ether oxygens (including phenoxy) is 1. The molecule has 2 aromatic carbocycles. The van der Waals surface area contributed by atoms with Crippen LogP contribution in [0.1, 0.15) is 10.4 Å². The number of hydrogen-bond acceptors (Lipinski definition) is 7. The third-order valence-corrected chi connectivity index (χ3v) is 6.22. The number of methoxy groups -OCH3 is 1. The lowest BCUT2D eigenvalue weighted by Gasteiger charge is -2.10. The van der Waals surface area contributed by atoms with Crippen molar-refractivity contribution in [2.45, 2.75) is 4.90 Å². The summed E-state index contributed by atoms with van der Waals surface area (Å²) < 4.78 is 33.1. The first kappa shape index (κ1) is 22.0. The Morgan fingerprint density at radius 1 is 1.07 bits per heavy atom. The van der Waals surface area contributed by atoms with Gasteiger partial charge in [-0.1, -0.05) is 15.9 Å². The molecule has 12 heteroatoms. The molecule has 0 radical (unpaired) electrons. The summed E-state index contributed by atoms with van der Waals surface area (Å²) in [5, 5.41) is 20.1. The van der Waals surface area contributed by atoms with Crippen molar-refractivity contribution in [3.05, 3.63) is 63.0 Å². The van der Waals surface area contributed by atoms with Crippen molar-refractivity contribution >= 4 is 59.3 Å². The van der Waals surface area contributed by atoms with E-state index < -0.39 is 15.9 Å². The molecular weight excluding hydrogens is 544 g/mol. The fourth-order valence-corrected chi connectivity index (χ4v) is 4.56. The van der Waals surface area contributed by atoms with Crippen LogP contribution >= 0.6 is 31.9 Å². The number of carbonyl (C=O) groups excluding carboxylic acids is 1. The maximum absolute atomic E-state index is 12.5. The van der Waals surface area contributed by atoms with E-state index >= 15 is 0 Å². The van der Waals surface area contributed by atoms with Crippen LogP contribution in [0.15, 0.2) is 62.4 Å². The minimum atomic E-state index is -3.91. The molecule has 1 heterocycles. The van der Waals surface area contributed by atoms with Crippen LogP contribution in [0.25, 0.3) is 0 Å². The monoisotopic (exact) mass is 556 g/mol. The number of phenols is 1. The number of aromatic hydroxyl groups is 1. The second-order valence-electron chi connectivity index (χ2n) is 5.83. The average molecular weight is 558 g/mol. The van der Waals surface area contributed by atoms with Gasteiger partial charge in [-0.05, 0) is 58.4 Å². The molecule has 3 aromatic rings. The fourth-order valence-electron chi connectivity index (χ4n) is 2.33. The van der Waals surface area contributed by atoms with Crippen LogP contribution in [0.3, 0.4) is 0 Å². The van der Waals surface area contributed by atoms with Crippen LogP contribution in [0.5, 0.6) is 11.6 Å². The van der Waals surface area contributed by atoms with Gasteiger partial charge in [-0.15, -0.1) is 10.2 Å². The molecule has 0 spiro atoms. The number of amides is 1. The molecule has 0 saturated carbocycles. The zero-order chi connectivity index (χ0) is 21.9. The lowest BCUT2D eigenvalue weighted by molar-refractivity contribution is 0.102. The maximum Gasteiger partial charge on any atom is 0.263 e. The largest absolute Gasteiger partial charge is 0.506 e. The van der Waals surface area contributed by atoms with Crippen LogP contribution in [-0.4, -0.2) is 36.7 Å². The van der Waals surface area contributed by atoms with Crippen molar-refractivity contribution in [2.75, 3.05) is 17.1 Å². The average Bonchev–Trinajstić information content (AvgIpc) is 2.71. The van der Waals surface area contributed by atoms with Crippen molar-refractivity contribution in [2.24, 2.45) is 0 Å². The summed E-state index contributed by atoms with van der Waals surface area (Å²) >= 11 is 6.42. The number of anilines is 2. The summed E-state index contributed by atoms with van der Waals surface area (Å²) in [5.74, 6) is -0.484. The molecule has 0 aliphatic carbocycles. The summed E-state index contributed by atoms with van der Waals surface area (Å²) in [6, 6.07) is 11.5. The Morgan fingerprint density at radius 2 is 1.77 bits per heavy atom. The molecule has 0 unspecified atom stereocenters. The van der Waals surface area contributed by atoms with Gasteiger partial charge in [-0.25, -0.2) is 8.42 Å². The topological polar surface area (TPSA) is 131 Å². The van der Waals surface area contributed by atoms with Crippen molar-refractivity contribution in [1.82, 2.24) is 10.2 Å². The molecule has 156 valence electrons. The zero-order valence-corrected chi connectivity index (χ0v) is 19.2. The number of aromatic nitrogens is 2. The summed E-state index contributed by atoms with van der Waals surface area (Å²) in [6.45, 7) is 0. The van der Waals surface area contributed by atoms with Crippen LogP contribution in [-0.2, 0) is 10.0 Å². The first-order valence-corrected chi connectivity index (χ1v) is 11.3. The molecule has 0 atom stereocenters. The molecule has 3 N–H and O–H groups in total. The van der Waals surface area contributed by atoms with Crippen LogP contribution in [0.2, 0.25) is 0 Å². The molecule has 1 amide bonds. The fraction of sp³-hybridized carbons (Fsp3) is 0.0556. The second kappa shape index (κ2) is 8.98. The molecule has 3 rings (SSSR count). The number of phenolic OH excluding ortho intramolecular Hbond substituents is 1. The predicted octanol–water partition coefficient (Wildman–Crippen LogP) is 3.77. The first-order valence-electron chi connectivity index (χ1n) is 8.19. The molecular formula is C18H14Br2N4O5S. The van der Waals surface area contributed by atoms with Crippen LogP contribution < -0.4 is 14.8 Å². The van der Waals surface area contributed by atoms with E-state index in [0.717, 1.165) is 0 Å². The number of halogens is 2. The Labute approximate surface area is 188 Å². The standard InChI is InChI=1S/C18H14Br2N4O5S/c1-29-16-7-6-15(22-23-16)24-30(27,28)12-4-2-11(3-5-12)21-18(26)13-8-10(19)9-14(20)17(13)25/h2-9,25H,1H3,(H,21,26)(H,22,24). The normalized spacial score (nSPS) is 11.0. The Hall–Kier alpha value is -2.70. The smallest absolute Gasteiger partial charge is 0.263 e. The highest BCUT2D eigenvalue weighted by molar-refractivity contribution is 9.11. The highest BCUT2D eigenvalue weighted by Gasteiger charge is 2.17. The Bertz CT molecular complexity index is 1190. The van der Waals surface area contributed by atoms with Crippen LogP contribution in [0, 0.1) is 0 Å². The van der Waals surface area contributed by atoms with Gasteiger partial charge in [-0.2, -0.15) is 0 Å². The summed E-state index contributed by atoms with van der Waals surface area (Å²) in [5.41, 5.74) is 0.395. The quantitative estimate of drug-likeness (QED) is 0.420. The molecule has 9 nitrogen and oxygen atoms in total. The number of hydrogen-bond donors (Lipinski definition) is 3. The number of rotatable bonds is 6. The van der Waals surface area contributed by atoms with Gasteiger partial charge in [0, 0.05) is 16.2 Å². The third kappa shape index (κ3) is 5.07. The number of sulfonamides is 1. The third-order valence-electron chi connectivity index (χ3n) is 3.78. The van der Waals surface area contributed by atoms with E-state index in [-0.39, 0.29) is 27.9 Å². The zero-order valence-electron chi connectivity index (χ0n) is 15.3. The minimum Gasteiger partial charge on any atom is -0.506 e. The Morgan fingerprint density at radius 3 is 2.37 bits per heavy atom. The highest BCUT2D eigenvalue weighted by atomic mass is 79.9. The number of nitrogens with zero attached hydrogens (tertiary/aromatic N) is 2. The van der Waals surface area contributed by atoms with Crippen molar-refractivity contribution < 1.29 is 23.1 Å². The molecule has 0 aliphatic rings. The summed E-state index contributed by atoms with van der Waals surface area (Å²) in [7, 11) is -2.49. The van der Waals surface area contributed by atoms with Gasteiger partial charge in [0.15, 0.2) is 5.82 Å². The van der Waals surface area contributed by atoms with E-state index in [0.29, 0.717) is 14.6 Å². The van der Waals surface area contributed by atoms with Crippen molar-refractivity contribution in [3.8, 4) is 11.6 Å². The molecule has 1 aromatic heterocycles. The van der Waals surface area contributed by atoms with Gasteiger partial charge in [0.05, 0.1) is 22.0 Å². The molecule has 30 heavy (non-hydrogen) atoms. The van der Waals surface area contributed by atoms with Crippen molar-refractivity contribution in [3.63, 3.8) is 0 Å². The Balaban J connectivity index is 1.74. The second-order valence-corrected chi connectivity index (χ2v) is 9.28. The number of benzene rings is 2. The lowest BCUT2D eigenvalue weighted by Crippen LogP contribution is -2.15. The highest BCUT2D eigenvalue weighted by Crippen LogP contribution is 2.32. The molecule has 0 saturated heterocycles. The molecule has 0 bridgehead atoms. The minimum absolute atomic E-state index is 0.0314. The number of nitrogens with one attached hydrogen (secondary N) is 2.